The van der Waals surface area contributed by atoms with E-state index in [-0.39, 0.29) is 19.6 Å². The van der Waals surface area contributed by atoms with Gasteiger partial charge in [0.25, 0.3) is 0 Å². The van der Waals surface area contributed by atoms with Crippen molar-refractivity contribution in [1.29, 1.82) is 0 Å². The first-order valence-corrected chi connectivity index (χ1v) is 9.32. The summed E-state index contributed by atoms with van der Waals surface area (Å²) in [6, 6.07) is 16.5. The Labute approximate surface area is 164 Å². The van der Waals surface area contributed by atoms with Gasteiger partial charge >= 0.3 is 11.9 Å². The van der Waals surface area contributed by atoms with E-state index in [0.29, 0.717) is 6.42 Å². The standard InChI is InChI=1S/C22H25NO5/c1-3-27-21(25)20(22(26)28-4-2)23-19(24)15-12-16-10-13-18(14-11-16)17-8-6-5-7-9-17/h5-11,13-14,20H,3-4,12,15H2,1-2H3,(H,23,24). The molecule has 0 heterocycles. The monoisotopic (exact) mass is 383 g/mol. The lowest BCUT2D eigenvalue weighted by Gasteiger charge is -2.15. The summed E-state index contributed by atoms with van der Waals surface area (Å²) in [5.41, 5.74) is 3.20. The normalized spacial score (nSPS) is 10.4. The lowest BCUT2D eigenvalue weighted by atomic mass is 10.0. The van der Waals surface area contributed by atoms with Gasteiger partial charge in [-0.1, -0.05) is 54.6 Å². The number of ether oxygens (including phenoxy) is 2. The van der Waals surface area contributed by atoms with E-state index in [9.17, 15) is 14.4 Å². The van der Waals surface area contributed by atoms with E-state index in [4.69, 9.17) is 9.47 Å². The largest absolute Gasteiger partial charge is 0.464 e. The van der Waals surface area contributed by atoms with Crippen LogP contribution in [0.25, 0.3) is 11.1 Å². The number of carbonyl (C=O) groups is 3. The zero-order valence-corrected chi connectivity index (χ0v) is 16.1. The number of carbonyl (C=O) groups excluding carboxylic acids is 3. The van der Waals surface area contributed by atoms with Crippen LogP contribution in [0.5, 0.6) is 0 Å². The highest BCUT2D eigenvalue weighted by Gasteiger charge is 2.31. The quantitative estimate of drug-likeness (QED) is 0.532. The molecule has 2 aromatic rings. The van der Waals surface area contributed by atoms with Crippen LogP contribution in [0.15, 0.2) is 54.6 Å². The summed E-state index contributed by atoms with van der Waals surface area (Å²) in [4.78, 5) is 36.0. The van der Waals surface area contributed by atoms with E-state index in [1.807, 2.05) is 54.6 Å². The van der Waals surface area contributed by atoms with Crippen LogP contribution in [-0.4, -0.2) is 37.1 Å². The molecule has 0 bridgehead atoms. The van der Waals surface area contributed by atoms with Gasteiger partial charge in [-0.15, -0.1) is 0 Å². The van der Waals surface area contributed by atoms with Gasteiger partial charge in [0.2, 0.25) is 11.9 Å². The molecule has 1 amide bonds. The molecule has 6 heteroatoms. The minimum atomic E-state index is -1.44. The zero-order valence-electron chi connectivity index (χ0n) is 16.1. The molecule has 0 saturated heterocycles. The van der Waals surface area contributed by atoms with Gasteiger partial charge in [0.15, 0.2) is 0 Å². The Morgan fingerprint density at radius 3 is 1.89 bits per heavy atom. The molecule has 28 heavy (non-hydrogen) atoms. The number of hydrogen-bond donors (Lipinski definition) is 1. The fraction of sp³-hybridized carbons (Fsp3) is 0.318. The Morgan fingerprint density at radius 1 is 0.821 bits per heavy atom. The third-order valence-electron chi connectivity index (χ3n) is 4.05. The molecule has 0 aromatic heterocycles. The number of rotatable bonds is 9. The number of esters is 2. The second kappa shape index (κ2) is 10.9. The SMILES string of the molecule is CCOC(=O)C(NC(=O)CCc1ccc(-c2ccccc2)cc1)C(=O)OCC. The molecule has 1 N–H and O–H groups in total. The van der Waals surface area contributed by atoms with Gasteiger partial charge in [-0.2, -0.15) is 0 Å². The maximum absolute atomic E-state index is 12.2. The highest BCUT2D eigenvalue weighted by molar-refractivity contribution is 6.02. The molecule has 0 aliphatic rings. The third-order valence-corrected chi connectivity index (χ3v) is 4.05. The van der Waals surface area contributed by atoms with Crippen LogP contribution in [0.4, 0.5) is 0 Å². The van der Waals surface area contributed by atoms with Crippen LogP contribution >= 0.6 is 0 Å². The minimum absolute atomic E-state index is 0.109. The maximum Gasteiger partial charge on any atom is 0.340 e. The summed E-state index contributed by atoms with van der Waals surface area (Å²) in [5, 5.41) is 2.41. The molecule has 0 radical (unpaired) electrons. The van der Waals surface area contributed by atoms with Crippen LogP contribution in [0.1, 0.15) is 25.8 Å². The summed E-state index contributed by atoms with van der Waals surface area (Å²) in [6.07, 6.45) is 0.624. The molecule has 0 atom stereocenters. The average Bonchev–Trinajstić information content (AvgIpc) is 2.72. The van der Waals surface area contributed by atoms with Gasteiger partial charge in [0.05, 0.1) is 13.2 Å². The number of nitrogens with one attached hydrogen (secondary N) is 1. The zero-order chi connectivity index (χ0) is 20.4. The van der Waals surface area contributed by atoms with Gasteiger partial charge in [-0.05, 0) is 37.0 Å². The van der Waals surface area contributed by atoms with Crippen molar-refractivity contribution in [1.82, 2.24) is 5.32 Å². The number of hydrogen-bond acceptors (Lipinski definition) is 5. The van der Waals surface area contributed by atoms with E-state index < -0.39 is 23.9 Å². The number of amides is 1. The molecule has 148 valence electrons. The Hall–Kier alpha value is -3.15. The molecule has 6 nitrogen and oxygen atoms in total. The fourth-order valence-corrected chi connectivity index (χ4v) is 2.65. The lowest BCUT2D eigenvalue weighted by molar-refractivity contribution is -0.159. The predicted molar refractivity (Wildman–Crippen MR) is 105 cm³/mol. The minimum Gasteiger partial charge on any atom is -0.464 e. The Morgan fingerprint density at radius 2 is 1.36 bits per heavy atom. The van der Waals surface area contributed by atoms with Crippen molar-refractivity contribution >= 4 is 17.8 Å². The van der Waals surface area contributed by atoms with Gasteiger partial charge < -0.3 is 14.8 Å². The average molecular weight is 383 g/mol. The molecule has 0 spiro atoms. The smallest absolute Gasteiger partial charge is 0.340 e. The van der Waals surface area contributed by atoms with Gasteiger partial charge in [-0.3, -0.25) is 4.79 Å². The number of aryl methyl sites for hydroxylation is 1. The summed E-state index contributed by atoms with van der Waals surface area (Å²) in [6.45, 7) is 3.47. The van der Waals surface area contributed by atoms with E-state index in [2.05, 4.69) is 5.32 Å². The highest BCUT2D eigenvalue weighted by Crippen LogP contribution is 2.19. The van der Waals surface area contributed by atoms with Crippen LogP contribution in [-0.2, 0) is 30.3 Å². The fourth-order valence-electron chi connectivity index (χ4n) is 2.65. The van der Waals surface area contributed by atoms with Crippen LogP contribution in [0, 0.1) is 0 Å². The highest BCUT2D eigenvalue weighted by atomic mass is 16.6. The van der Waals surface area contributed by atoms with Crippen molar-refractivity contribution in [2.45, 2.75) is 32.7 Å². The van der Waals surface area contributed by atoms with Crippen LogP contribution < -0.4 is 5.32 Å². The molecular formula is C22H25NO5. The van der Waals surface area contributed by atoms with E-state index in [0.717, 1.165) is 16.7 Å². The van der Waals surface area contributed by atoms with Crippen LogP contribution in [0.2, 0.25) is 0 Å². The van der Waals surface area contributed by atoms with Crippen molar-refractivity contribution < 1.29 is 23.9 Å². The Kier molecular flexibility index (Phi) is 8.21. The predicted octanol–water partition coefficient (Wildman–Crippen LogP) is 2.90. The maximum atomic E-state index is 12.2. The van der Waals surface area contributed by atoms with Gasteiger partial charge in [0.1, 0.15) is 0 Å². The summed E-state index contributed by atoms with van der Waals surface area (Å²) in [5.74, 6) is -2.05. The Balaban J connectivity index is 1.92. The second-order valence-electron chi connectivity index (χ2n) is 6.07. The summed E-state index contributed by atoms with van der Waals surface area (Å²) in [7, 11) is 0. The first-order chi connectivity index (χ1) is 13.5. The molecule has 0 unspecified atom stereocenters. The molecule has 2 rings (SSSR count). The van der Waals surface area contributed by atoms with Crippen molar-refractivity contribution in [2.75, 3.05) is 13.2 Å². The number of benzene rings is 2. The second-order valence-corrected chi connectivity index (χ2v) is 6.07. The van der Waals surface area contributed by atoms with Gasteiger partial charge in [-0.25, -0.2) is 9.59 Å². The van der Waals surface area contributed by atoms with Crippen molar-refractivity contribution in [2.24, 2.45) is 0 Å². The van der Waals surface area contributed by atoms with E-state index in [1.165, 1.54) is 0 Å². The topological polar surface area (TPSA) is 81.7 Å². The Bertz CT molecular complexity index is 768. The molecule has 0 aliphatic heterocycles. The van der Waals surface area contributed by atoms with Crippen molar-refractivity contribution in [3.05, 3.63) is 60.2 Å². The van der Waals surface area contributed by atoms with Crippen molar-refractivity contribution in [3.63, 3.8) is 0 Å². The molecule has 2 aromatic carbocycles. The van der Waals surface area contributed by atoms with Crippen LogP contribution in [0.3, 0.4) is 0 Å². The third kappa shape index (κ3) is 6.23. The molecule has 0 saturated carbocycles. The molecular weight excluding hydrogens is 358 g/mol. The first kappa shape index (κ1) is 21.2. The van der Waals surface area contributed by atoms with Crippen molar-refractivity contribution in [3.8, 4) is 11.1 Å². The van der Waals surface area contributed by atoms with Gasteiger partial charge in [0, 0.05) is 6.42 Å². The summed E-state index contributed by atoms with van der Waals surface area (Å²) >= 11 is 0. The lowest BCUT2D eigenvalue weighted by Crippen LogP contribution is -2.48. The molecule has 0 aliphatic carbocycles. The van der Waals surface area contributed by atoms with E-state index in [1.54, 1.807) is 13.8 Å². The van der Waals surface area contributed by atoms with E-state index >= 15 is 0 Å². The first-order valence-electron chi connectivity index (χ1n) is 9.32. The molecule has 0 fully saturated rings. The summed E-state index contributed by atoms with van der Waals surface area (Å²) < 4.78 is 9.67.